The highest BCUT2D eigenvalue weighted by molar-refractivity contribution is 6.08. The van der Waals surface area contributed by atoms with Crippen LogP contribution in [0.25, 0.3) is 10.9 Å². The fourth-order valence-corrected chi connectivity index (χ4v) is 1.61. The van der Waals surface area contributed by atoms with E-state index >= 15 is 0 Å². The summed E-state index contributed by atoms with van der Waals surface area (Å²) in [5.41, 5.74) is -0.182. The highest BCUT2D eigenvalue weighted by atomic mass is 16.6. The molecule has 1 aromatic carbocycles. The monoisotopic (exact) mass is 234 g/mol. The molecule has 0 atom stereocenters. The lowest BCUT2D eigenvalue weighted by molar-refractivity contribution is -0.384. The number of carboxylic acids is 1. The number of carbonyl (C=O) groups excluding carboxylic acids is 1. The van der Waals surface area contributed by atoms with Gasteiger partial charge in [-0.05, 0) is 6.07 Å². The third-order valence-corrected chi connectivity index (χ3v) is 2.36. The second-order valence-electron chi connectivity index (χ2n) is 3.32. The van der Waals surface area contributed by atoms with Gasteiger partial charge in [0.1, 0.15) is 5.69 Å². The maximum absolute atomic E-state index is 10.8. The number of nitrogens with one attached hydrogen (secondary N) is 1. The summed E-state index contributed by atoms with van der Waals surface area (Å²) in [7, 11) is 0. The summed E-state index contributed by atoms with van der Waals surface area (Å²) in [4.78, 5) is 34.2. The number of fused-ring (bicyclic) bond motifs is 1. The number of nitro benzene ring substituents is 1. The number of non-ortho nitro benzene ring substituents is 1. The number of hydrogen-bond donors (Lipinski definition) is 2. The van der Waals surface area contributed by atoms with Gasteiger partial charge in [-0.15, -0.1) is 0 Å². The topological polar surface area (TPSA) is 113 Å². The van der Waals surface area contributed by atoms with Gasteiger partial charge in [0.2, 0.25) is 0 Å². The molecule has 1 heterocycles. The van der Waals surface area contributed by atoms with Crippen LogP contribution in [-0.2, 0) is 0 Å². The van der Waals surface area contributed by atoms with Gasteiger partial charge in [-0.25, -0.2) is 4.79 Å². The first kappa shape index (κ1) is 10.8. The van der Waals surface area contributed by atoms with Crippen LogP contribution in [0, 0.1) is 10.1 Å². The Morgan fingerprint density at radius 3 is 2.71 bits per heavy atom. The van der Waals surface area contributed by atoms with Crippen molar-refractivity contribution in [3.63, 3.8) is 0 Å². The molecular formula is C10H6N2O5. The van der Waals surface area contributed by atoms with Crippen molar-refractivity contribution in [3.05, 3.63) is 39.6 Å². The van der Waals surface area contributed by atoms with E-state index in [1.54, 1.807) is 0 Å². The van der Waals surface area contributed by atoms with E-state index in [1.165, 1.54) is 18.2 Å². The molecule has 2 aromatic rings. The molecular weight excluding hydrogens is 228 g/mol. The van der Waals surface area contributed by atoms with Crippen molar-refractivity contribution in [2.75, 3.05) is 0 Å². The zero-order chi connectivity index (χ0) is 12.6. The Bertz CT molecular complexity index is 643. The van der Waals surface area contributed by atoms with Crippen molar-refractivity contribution in [2.24, 2.45) is 0 Å². The van der Waals surface area contributed by atoms with Crippen LogP contribution in [0.3, 0.4) is 0 Å². The van der Waals surface area contributed by atoms with Crippen molar-refractivity contribution in [2.45, 2.75) is 0 Å². The summed E-state index contributed by atoms with van der Waals surface area (Å²) >= 11 is 0. The normalized spacial score (nSPS) is 10.4. The quantitative estimate of drug-likeness (QED) is 0.475. The van der Waals surface area contributed by atoms with Gasteiger partial charge in [-0.1, -0.05) is 0 Å². The molecule has 86 valence electrons. The first-order valence-corrected chi connectivity index (χ1v) is 4.53. The van der Waals surface area contributed by atoms with Crippen LogP contribution in [0.5, 0.6) is 0 Å². The minimum Gasteiger partial charge on any atom is -0.477 e. The SMILES string of the molecule is O=Cc1c(C(=O)O)[nH]c2ccc([N+](=O)[O-])cc12. The Hall–Kier alpha value is -2.70. The molecule has 0 spiro atoms. The Morgan fingerprint density at radius 1 is 1.47 bits per heavy atom. The van der Waals surface area contributed by atoms with Crippen molar-refractivity contribution in [1.29, 1.82) is 0 Å². The molecule has 0 aliphatic carbocycles. The number of nitro groups is 1. The van der Waals surface area contributed by atoms with Gasteiger partial charge in [-0.2, -0.15) is 0 Å². The van der Waals surface area contributed by atoms with Crippen molar-refractivity contribution in [1.82, 2.24) is 4.98 Å². The summed E-state index contributed by atoms with van der Waals surface area (Å²) in [5, 5.41) is 19.7. The van der Waals surface area contributed by atoms with Crippen molar-refractivity contribution in [3.8, 4) is 0 Å². The Kier molecular flexibility index (Phi) is 2.36. The number of rotatable bonds is 3. The molecule has 0 saturated heterocycles. The predicted molar refractivity (Wildman–Crippen MR) is 57.3 cm³/mol. The molecule has 7 nitrogen and oxygen atoms in total. The summed E-state index contributed by atoms with van der Waals surface area (Å²) in [6, 6.07) is 3.77. The number of hydrogen-bond acceptors (Lipinski definition) is 4. The molecule has 0 bridgehead atoms. The van der Waals surface area contributed by atoms with E-state index in [4.69, 9.17) is 5.11 Å². The van der Waals surface area contributed by atoms with Gasteiger partial charge < -0.3 is 10.1 Å². The summed E-state index contributed by atoms with van der Waals surface area (Å²) in [6.45, 7) is 0. The smallest absolute Gasteiger partial charge is 0.353 e. The number of H-pyrrole nitrogens is 1. The lowest BCUT2D eigenvalue weighted by Crippen LogP contribution is -2.00. The Labute approximate surface area is 93.8 Å². The van der Waals surface area contributed by atoms with Gasteiger partial charge in [0.25, 0.3) is 5.69 Å². The predicted octanol–water partition coefficient (Wildman–Crippen LogP) is 1.59. The standard InChI is InChI=1S/C10H6N2O5/c13-4-7-6-3-5(12(16)17)1-2-8(6)11-9(7)10(14)15/h1-4,11H,(H,14,15). The molecule has 0 aliphatic heterocycles. The van der Waals surface area contributed by atoms with Gasteiger partial charge >= 0.3 is 5.97 Å². The second kappa shape index (κ2) is 3.71. The molecule has 0 unspecified atom stereocenters. The molecule has 0 saturated carbocycles. The van der Waals surface area contributed by atoms with Crippen molar-refractivity contribution >= 4 is 28.8 Å². The van der Waals surface area contributed by atoms with E-state index in [0.29, 0.717) is 11.8 Å². The lowest BCUT2D eigenvalue weighted by atomic mass is 10.1. The molecule has 1 aromatic heterocycles. The van der Waals surface area contributed by atoms with E-state index in [2.05, 4.69) is 4.98 Å². The fraction of sp³-hybridized carbons (Fsp3) is 0. The summed E-state index contributed by atoms with van der Waals surface area (Å²) in [6.07, 6.45) is 0.367. The maximum atomic E-state index is 10.8. The van der Waals surface area contributed by atoms with E-state index in [9.17, 15) is 19.7 Å². The molecule has 0 aliphatic rings. The average molecular weight is 234 g/mol. The van der Waals surface area contributed by atoms with Crippen LogP contribution >= 0.6 is 0 Å². The van der Waals surface area contributed by atoms with E-state index < -0.39 is 10.9 Å². The number of benzene rings is 1. The van der Waals surface area contributed by atoms with Gasteiger partial charge in [0, 0.05) is 23.0 Å². The largest absolute Gasteiger partial charge is 0.477 e. The number of aromatic amines is 1. The van der Waals surface area contributed by atoms with Crippen LogP contribution < -0.4 is 0 Å². The van der Waals surface area contributed by atoms with Crippen molar-refractivity contribution < 1.29 is 19.6 Å². The zero-order valence-corrected chi connectivity index (χ0v) is 8.34. The molecule has 2 N–H and O–H groups in total. The summed E-state index contributed by atoms with van der Waals surface area (Å²) in [5.74, 6) is -1.29. The van der Waals surface area contributed by atoms with E-state index in [1.807, 2.05) is 0 Å². The second-order valence-corrected chi connectivity index (χ2v) is 3.32. The molecule has 0 amide bonds. The van der Waals surface area contributed by atoms with E-state index in [-0.39, 0.29) is 22.3 Å². The average Bonchev–Trinajstić information content (AvgIpc) is 2.66. The molecule has 7 heteroatoms. The van der Waals surface area contributed by atoms with Crippen LogP contribution in [0.1, 0.15) is 20.8 Å². The number of aromatic nitrogens is 1. The molecule has 2 rings (SSSR count). The van der Waals surface area contributed by atoms with Crippen LogP contribution in [0.2, 0.25) is 0 Å². The molecule has 0 radical (unpaired) electrons. The Morgan fingerprint density at radius 2 is 2.18 bits per heavy atom. The van der Waals surface area contributed by atoms with Crippen LogP contribution in [-0.4, -0.2) is 27.3 Å². The highest BCUT2D eigenvalue weighted by Crippen LogP contribution is 2.25. The first-order valence-electron chi connectivity index (χ1n) is 4.53. The minimum atomic E-state index is -1.29. The Balaban J connectivity index is 2.80. The first-order chi connectivity index (χ1) is 8.04. The van der Waals surface area contributed by atoms with Gasteiger partial charge in [-0.3, -0.25) is 14.9 Å². The lowest BCUT2D eigenvalue weighted by Gasteiger charge is -1.92. The van der Waals surface area contributed by atoms with Crippen LogP contribution in [0.4, 0.5) is 5.69 Å². The number of carbonyl (C=O) groups is 2. The number of aldehydes is 1. The number of nitrogens with zero attached hydrogens (tertiary/aromatic N) is 1. The van der Waals surface area contributed by atoms with E-state index in [0.717, 1.165) is 0 Å². The number of aromatic carboxylic acids is 1. The highest BCUT2D eigenvalue weighted by Gasteiger charge is 2.18. The fourth-order valence-electron chi connectivity index (χ4n) is 1.61. The van der Waals surface area contributed by atoms with Crippen LogP contribution in [0.15, 0.2) is 18.2 Å². The minimum absolute atomic E-state index is 0.0869. The summed E-state index contributed by atoms with van der Waals surface area (Å²) < 4.78 is 0. The maximum Gasteiger partial charge on any atom is 0.353 e. The zero-order valence-electron chi connectivity index (χ0n) is 8.34. The van der Waals surface area contributed by atoms with Gasteiger partial charge in [0.05, 0.1) is 10.5 Å². The molecule has 0 fully saturated rings. The third-order valence-electron chi connectivity index (χ3n) is 2.36. The number of carboxylic acid groups (broad SMARTS) is 1. The molecule has 17 heavy (non-hydrogen) atoms. The van der Waals surface area contributed by atoms with Gasteiger partial charge in [0.15, 0.2) is 6.29 Å². The third kappa shape index (κ3) is 1.63.